The number of aliphatic hydroxyl groups excluding tert-OH is 4. The van der Waals surface area contributed by atoms with Gasteiger partial charge in [0.2, 0.25) is 0 Å². The summed E-state index contributed by atoms with van der Waals surface area (Å²) in [6.45, 7) is 12.5. The molecule has 2 fully saturated rings. The van der Waals surface area contributed by atoms with E-state index in [9.17, 15) is 0 Å². The van der Waals surface area contributed by atoms with Crippen molar-refractivity contribution in [3.8, 4) is 0 Å². The minimum Gasteiger partial charge on any atom is -0.396 e. The van der Waals surface area contributed by atoms with Gasteiger partial charge in [-0.3, -0.25) is 0 Å². The number of hydrogen-bond donors (Lipinski definition) is 4. The first-order valence-electron chi connectivity index (χ1n) is 8.28. The topological polar surface area (TPSA) is 115 Å². The number of aliphatic hydroxyl groups is 4. The molecule has 2 rings (SSSR count). The fourth-order valence-corrected chi connectivity index (χ4v) is 2.07. The van der Waals surface area contributed by atoms with E-state index in [0.29, 0.717) is 0 Å². The number of ether oxygens (including phenoxy) is 3. The second kappa shape index (κ2) is 7.15. The van der Waals surface area contributed by atoms with Crippen LogP contribution in [0.5, 0.6) is 0 Å². The van der Waals surface area contributed by atoms with Crippen LogP contribution in [0.15, 0.2) is 0 Å². The Balaban J connectivity index is 0.000000277. The molecule has 2 unspecified atom stereocenters. The molecule has 24 heavy (non-hydrogen) atoms. The molecule has 0 saturated carbocycles. The van der Waals surface area contributed by atoms with Crippen molar-refractivity contribution in [1.82, 2.24) is 0 Å². The minimum atomic E-state index is -1.11. The quantitative estimate of drug-likeness (QED) is 0.458. The first-order valence-corrected chi connectivity index (χ1v) is 8.28. The molecule has 0 aromatic heterocycles. The Morgan fingerprint density at radius 1 is 0.750 bits per heavy atom. The first kappa shape index (κ1) is 21.8. The molecular formula is C17H34O7. The van der Waals surface area contributed by atoms with Crippen molar-refractivity contribution in [3.63, 3.8) is 0 Å². The summed E-state index contributed by atoms with van der Waals surface area (Å²) in [4.78, 5) is 0. The van der Waals surface area contributed by atoms with E-state index in [0.717, 1.165) is 13.2 Å². The molecule has 2 saturated heterocycles. The van der Waals surface area contributed by atoms with E-state index in [-0.39, 0.29) is 22.4 Å². The van der Waals surface area contributed by atoms with E-state index in [1.165, 1.54) is 0 Å². The highest BCUT2D eigenvalue weighted by atomic mass is 16.7. The van der Waals surface area contributed by atoms with Crippen LogP contribution in [0.2, 0.25) is 0 Å². The highest BCUT2D eigenvalue weighted by molar-refractivity contribution is 5.08. The van der Waals surface area contributed by atoms with Crippen LogP contribution in [-0.2, 0) is 14.2 Å². The van der Waals surface area contributed by atoms with Gasteiger partial charge in [-0.15, -0.1) is 0 Å². The largest absolute Gasteiger partial charge is 0.396 e. The van der Waals surface area contributed by atoms with E-state index >= 15 is 0 Å². The van der Waals surface area contributed by atoms with Gasteiger partial charge in [0.25, 0.3) is 0 Å². The Labute approximate surface area is 144 Å². The SMILES string of the molecule is CC(C)(OC(C)(C)C1(C)CO1)C1(C)CO1.OCC(CO)(CO)CO. The lowest BCUT2D eigenvalue weighted by atomic mass is 9.88. The Bertz CT molecular complexity index is 362. The van der Waals surface area contributed by atoms with Crippen molar-refractivity contribution in [1.29, 1.82) is 0 Å². The van der Waals surface area contributed by atoms with Gasteiger partial charge in [0.05, 0.1) is 56.3 Å². The predicted octanol–water partition coefficient (Wildman–Crippen LogP) is 0.0800. The third-order valence-corrected chi connectivity index (χ3v) is 5.55. The Morgan fingerprint density at radius 3 is 1.12 bits per heavy atom. The smallest absolute Gasteiger partial charge is 0.117 e. The summed E-state index contributed by atoms with van der Waals surface area (Å²) in [6.07, 6.45) is 0. The van der Waals surface area contributed by atoms with Gasteiger partial charge >= 0.3 is 0 Å². The highest BCUT2D eigenvalue weighted by Crippen LogP contribution is 2.47. The zero-order valence-electron chi connectivity index (χ0n) is 15.8. The summed E-state index contributed by atoms with van der Waals surface area (Å²) < 4.78 is 17.2. The molecule has 0 aliphatic carbocycles. The molecule has 0 amide bonds. The predicted molar refractivity (Wildman–Crippen MR) is 88.7 cm³/mol. The van der Waals surface area contributed by atoms with Gasteiger partial charge in [0.15, 0.2) is 0 Å². The summed E-state index contributed by atoms with van der Waals surface area (Å²) in [5.41, 5.74) is -1.91. The normalized spacial score (nSPS) is 29.8. The molecule has 0 aromatic rings. The molecule has 2 heterocycles. The minimum absolute atomic E-state index is 0.129. The van der Waals surface area contributed by atoms with E-state index in [1.54, 1.807) is 0 Å². The zero-order valence-corrected chi connectivity index (χ0v) is 15.8. The second-order valence-electron chi connectivity index (χ2n) is 8.29. The average Bonchev–Trinajstić information content (AvgIpc) is 3.42. The molecule has 7 heteroatoms. The summed E-state index contributed by atoms with van der Waals surface area (Å²) in [6, 6.07) is 0. The van der Waals surface area contributed by atoms with Crippen LogP contribution < -0.4 is 0 Å². The molecule has 0 radical (unpaired) electrons. The van der Waals surface area contributed by atoms with Crippen LogP contribution in [0.4, 0.5) is 0 Å². The zero-order chi connectivity index (χ0) is 18.9. The molecule has 0 spiro atoms. The van der Waals surface area contributed by atoms with Gasteiger partial charge in [0.1, 0.15) is 11.2 Å². The number of hydrogen-bond acceptors (Lipinski definition) is 7. The van der Waals surface area contributed by atoms with Gasteiger partial charge in [-0.25, -0.2) is 0 Å². The van der Waals surface area contributed by atoms with Crippen molar-refractivity contribution < 1.29 is 34.6 Å². The van der Waals surface area contributed by atoms with Crippen molar-refractivity contribution in [3.05, 3.63) is 0 Å². The molecule has 7 nitrogen and oxygen atoms in total. The van der Waals surface area contributed by atoms with Gasteiger partial charge in [-0.2, -0.15) is 0 Å². The number of epoxide rings is 2. The van der Waals surface area contributed by atoms with Crippen molar-refractivity contribution in [2.45, 2.75) is 63.9 Å². The lowest BCUT2D eigenvalue weighted by Crippen LogP contribution is -2.52. The molecule has 4 N–H and O–H groups in total. The summed E-state index contributed by atoms with van der Waals surface area (Å²) >= 11 is 0. The van der Waals surface area contributed by atoms with E-state index in [4.69, 9.17) is 34.6 Å². The van der Waals surface area contributed by atoms with Crippen LogP contribution in [0.25, 0.3) is 0 Å². The van der Waals surface area contributed by atoms with Crippen LogP contribution >= 0.6 is 0 Å². The van der Waals surface area contributed by atoms with Crippen LogP contribution in [0, 0.1) is 5.41 Å². The molecular weight excluding hydrogens is 316 g/mol. The Morgan fingerprint density at radius 2 is 1.00 bits per heavy atom. The fraction of sp³-hybridized carbons (Fsp3) is 1.00. The maximum absolute atomic E-state index is 8.50. The molecule has 2 atom stereocenters. The molecule has 2 aliphatic heterocycles. The van der Waals surface area contributed by atoms with Crippen molar-refractivity contribution in [2.75, 3.05) is 39.6 Å². The summed E-state index contributed by atoms with van der Waals surface area (Å²) in [7, 11) is 0. The third-order valence-electron chi connectivity index (χ3n) is 5.55. The number of rotatable bonds is 8. The maximum atomic E-state index is 8.50. The van der Waals surface area contributed by atoms with Crippen LogP contribution in [-0.4, -0.2) is 82.5 Å². The van der Waals surface area contributed by atoms with Crippen LogP contribution in [0.3, 0.4) is 0 Å². The Kier molecular flexibility index (Phi) is 6.48. The average molecular weight is 350 g/mol. The Hall–Kier alpha value is -0.280. The third kappa shape index (κ3) is 4.46. The standard InChI is InChI=1S/C12H22O3.C5H12O4/c1-9(2,11(5)7-13-11)15-10(3,4)12(6)8-14-12;6-1-5(2-7,3-8)4-9/h7-8H2,1-6H3;6-9H,1-4H2. The summed E-state index contributed by atoms with van der Waals surface area (Å²) in [5.74, 6) is 0. The monoisotopic (exact) mass is 350 g/mol. The summed E-state index contributed by atoms with van der Waals surface area (Å²) in [5, 5.41) is 34.0. The molecule has 0 bridgehead atoms. The maximum Gasteiger partial charge on any atom is 0.117 e. The lowest BCUT2D eigenvalue weighted by molar-refractivity contribution is -0.177. The van der Waals surface area contributed by atoms with Crippen molar-refractivity contribution in [2.24, 2.45) is 5.41 Å². The first-order chi connectivity index (χ1) is 10.9. The molecule has 144 valence electrons. The lowest BCUT2D eigenvalue weighted by Gasteiger charge is -2.40. The molecule has 2 aliphatic rings. The van der Waals surface area contributed by atoms with E-state index < -0.39 is 31.8 Å². The van der Waals surface area contributed by atoms with Gasteiger partial charge in [0, 0.05) is 0 Å². The highest BCUT2D eigenvalue weighted by Gasteiger charge is 2.61. The van der Waals surface area contributed by atoms with Gasteiger partial charge in [-0.05, 0) is 41.5 Å². The molecule has 0 aromatic carbocycles. The second-order valence-corrected chi connectivity index (χ2v) is 8.29. The van der Waals surface area contributed by atoms with Gasteiger partial charge in [-0.1, -0.05) is 0 Å². The van der Waals surface area contributed by atoms with Crippen LogP contribution in [0.1, 0.15) is 41.5 Å². The van der Waals surface area contributed by atoms with Crippen molar-refractivity contribution >= 4 is 0 Å². The van der Waals surface area contributed by atoms with Gasteiger partial charge < -0.3 is 34.6 Å². The van der Waals surface area contributed by atoms with E-state index in [2.05, 4.69) is 41.5 Å². The fourth-order valence-electron chi connectivity index (χ4n) is 2.07. The van der Waals surface area contributed by atoms with E-state index in [1.807, 2.05) is 0 Å².